The molecular weight excluding hydrogens is 302 g/mol. The Hall–Kier alpha value is -0.730. The van der Waals surface area contributed by atoms with Gasteiger partial charge in [0.1, 0.15) is 4.90 Å². The molecule has 0 amide bonds. The van der Waals surface area contributed by atoms with Gasteiger partial charge in [-0.05, 0) is 29.3 Å². The molecule has 0 aliphatic carbocycles. The lowest BCUT2D eigenvalue weighted by Gasteiger charge is -2.17. The number of hydrogen-bond donors (Lipinski definition) is 1. The van der Waals surface area contributed by atoms with Crippen LogP contribution in [0.2, 0.25) is 0 Å². The van der Waals surface area contributed by atoms with Crippen LogP contribution in [0.1, 0.15) is 15.3 Å². The third-order valence-electron chi connectivity index (χ3n) is 2.76. The average molecular weight is 317 g/mol. The fourth-order valence-corrected chi connectivity index (χ4v) is 5.40. The van der Waals surface area contributed by atoms with E-state index in [0.29, 0.717) is 17.0 Å². The number of aliphatic hydroxyl groups is 1. The van der Waals surface area contributed by atoms with Crippen molar-refractivity contribution in [2.75, 3.05) is 7.05 Å². The highest BCUT2D eigenvalue weighted by Crippen LogP contribution is 2.30. The van der Waals surface area contributed by atoms with Gasteiger partial charge in [0.05, 0.1) is 11.5 Å². The number of rotatable bonds is 5. The van der Waals surface area contributed by atoms with E-state index < -0.39 is 10.0 Å². The Morgan fingerprint density at radius 1 is 1.37 bits per heavy atom. The summed E-state index contributed by atoms with van der Waals surface area (Å²) in [5.74, 6) is 0. The summed E-state index contributed by atoms with van der Waals surface area (Å²) in [5.41, 5.74) is 0.687. The first kappa shape index (κ1) is 14.7. The third-order valence-corrected chi connectivity index (χ3v) is 6.87. The Kier molecular flexibility index (Phi) is 4.42. The smallest absolute Gasteiger partial charge is 0.244 e. The summed E-state index contributed by atoms with van der Waals surface area (Å²) >= 11 is 2.80. The molecule has 2 rings (SSSR count). The van der Waals surface area contributed by atoms with Crippen LogP contribution in [0.25, 0.3) is 0 Å². The molecule has 0 atom stereocenters. The molecule has 2 aromatic rings. The number of hydrogen-bond acceptors (Lipinski definition) is 5. The molecule has 0 aromatic carbocycles. The molecule has 2 aromatic heterocycles. The first-order valence-corrected chi connectivity index (χ1v) is 8.83. The van der Waals surface area contributed by atoms with Gasteiger partial charge in [-0.15, -0.1) is 22.7 Å². The molecule has 0 fully saturated rings. The van der Waals surface area contributed by atoms with Crippen LogP contribution in [0.3, 0.4) is 0 Å². The van der Waals surface area contributed by atoms with Crippen LogP contribution >= 0.6 is 22.7 Å². The molecule has 104 valence electrons. The topological polar surface area (TPSA) is 57.6 Å². The fourth-order valence-electron chi connectivity index (χ4n) is 1.81. The molecular formula is C12H15NO3S3. The fraction of sp³-hybridized carbons (Fsp3) is 0.333. The highest BCUT2D eigenvalue weighted by Gasteiger charge is 2.27. The number of sulfonamides is 1. The third kappa shape index (κ3) is 2.90. The van der Waals surface area contributed by atoms with Gasteiger partial charge >= 0.3 is 0 Å². The van der Waals surface area contributed by atoms with Gasteiger partial charge in [0.25, 0.3) is 0 Å². The van der Waals surface area contributed by atoms with Gasteiger partial charge in [-0.1, -0.05) is 6.07 Å². The summed E-state index contributed by atoms with van der Waals surface area (Å²) in [6, 6.07) is 3.81. The van der Waals surface area contributed by atoms with E-state index in [2.05, 4.69) is 0 Å². The van der Waals surface area contributed by atoms with Gasteiger partial charge in [-0.2, -0.15) is 4.31 Å². The van der Waals surface area contributed by atoms with Gasteiger partial charge in [-0.25, -0.2) is 8.42 Å². The van der Waals surface area contributed by atoms with Gasteiger partial charge in [-0.3, -0.25) is 0 Å². The van der Waals surface area contributed by atoms with Crippen LogP contribution in [0.15, 0.2) is 27.8 Å². The van der Waals surface area contributed by atoms with Crippen LogP contribution in [0, 0.1) is 6.92 Å². The second kappa shape index (κ2) is 5.72. The Labute approximate surface area is 121 Å². The molecule has 0 saturated heterocycles. The zero-order valence-electron chi connectivity index (χ0n) is 10.7. The Morgan fingerprint density at radius 2 is 2.11 bits per heavy atom. The second-order valence-corrected chi connectivity index (χ2v) is 8.15. The summed E-state index contributed by atoms with van der Waals surface area (Å²) in [7, 11) is -1.99. The molecule has 0 bridgehead atoms. The van der Waals surface area contributed by atoms with E-state index in [1.807, 2.05) is 17.5 Å². The van der Waals surface area contributed by atoms with Gasteiger partial charge < -0.3 is 5.11 Å². The van der Waals surface area contributed by atoms with Gasteiger partial charge in [0.2, 0.25) is 10.0 Å². The van der Waals surface area contributed by atoms with Crippen molar-refractivity contribution in [2.45, 2.75) is 25.0 Å². The summed E-state index contributed by atoms with van der Waals surface area (Å²) in [5, 5.41) is 12.9. The molecule has 0 unspecified atom stereocenters. The zero-order chi connectivity index (χ0) is 14.0. The van der Waals surface area contributed by atoms with E-state index in [1.54, 1.807) is 19.4 Å². The molecule has 1 N–H and O–H groups in total. The SMILES string of the molecule is Cc1csc(CO)c1S(=O)(=O)N(C)Cc1cccs1. The number of aliphatic hydroxyl groups excluding tert-OH is 1. The van der Waals surface area contributed by atoms with Crippen LogP contribution in [-0.2, 0) is 23.2 Å². The van der Waals surface area contributed by atoms with Crippen molar-refractivity contribution in [1.29, 1.82) is 0 Å². The Balaban J connectivity index is 2.33. The highest BCUT2D eigenvalue weighted by atomic mass is 32.2. The van der Waals surface area contributed by atoms with Crippen molar-refractivity contribution in [2.24, 2.45) is 0 Å². The maximum absolute atomic E-state index is 12.5. The van der Waals surface area contributed by atoms with Gasteiger partial charge in [0, 0.05) is 18.5 Å². The van der Waals surface area contributed by atoms with Crippen molar-refractivity contribution in [3.05, 3.63) is 38.2 Å². The number of aryl methyl sites for hydroxylation is 1. The van der Waals surface area contributed by atoms with Crippen molar-refractivity contribution in [3.8, 4) is 0 Å². The standard InChI is InChI=1S/C12H15NO3S3/c1-9-8-18-11(7-14)12(9)19(15,16)13(2)6-10-4-3-5-17-10/h3-5,8,14H,6-7H2,1-2H3. The normalized spacial score (nSPS) is 12.2. The molecule has 0 aliphatic heterocycles. The quantitative estimate of drug-likeness (QED) is 0.921. The average Bonchev–Trinajstić information content (AvgIpc) is 2.98. The first-order chi connectivity index (χ1) is 8.96. The zero-order valence-corrected chi connectivity index (χ0v) is 13.1. The molecule has 0 spiro atoms. The predicted molar refractivity (Wildman–Crippen MR) is 78.0 cm³/mol. The van der Waals surface area contributed by atoms with E-state index >= 15 is 0 Å². The van der Waals surface area contributed by atoms with Crippen molar-refractivity contribution in [3.63, 3.8) is 0 Å². The molecule has 4 nitrogen and oxygen atoms in total. The number of thiophene rings is 2. The highest BCUT2D eigenvalue weighted by molar-refractivity contribution is 7.89. The van der Waals surface area contributed by atoms with E-state index in [-0.39, 0.29) is 11.5 Å². The van der Waals surface area contributed by atoms with E-state index in [0.717, 1.165) is 4.88 Å². The molecule has 0 aliphatic rings. The molecule has 0 saturated carbocycles. The molecule has 0 radical (unpaired) electrons. The van der Waals surface area contributed by atoms with Crippen LogP contribution < -0.4 is 0 Å². The minimum atomic E-state index is -3.55. The van der Waals surface area contributed by atoms with E-state index in [1.165, 1.54) is 27.0 Å². The minimum Gasteiger partial charge on any atom is -0.391 e. The van der Waals surface area contributed by atoms with Crippen LogP contribution in [0.4, 0.5) is 0 Å². The molecule has 7 heteroatoms. The lowest BCUT2D eigenvalue weighted by molar-refractivity contribution is 0.282. The maximum atomic E-state index is 12.5. The van der Waals surface area contributed by atoms with Crippen LogP contribution in [0.5, 0.6) is 0 Å². The summed E-state index contributed by atoms with van der Waals surface area (Å²) < 4.78 is 26.4. The van der Waals surface area contributed by atoms with Crippen molar-refractivity contribution in [1.82, 2.24) is 4.31 Å². The predicted octanol–water partition coefficient (Wildman–Crippen LogP) is 2.43. The summed E-state index contributed by atoms with van der Waals surface area (Å²) in [6.45, 7) is 1.85. The van der Waals surface area contributed by atoms with E-state index in [4.69, 9.17) is 0 Å². The number of nitrogens with zero attached hydrogens (tertiary/aromatic N) is 1. The van der Waals surface area contributed by atoms with E-state index in [9.17, 15) is 13.5 Å². The monoisotopic (exact) mass is 317 g/mol. The Bertz CT molecular complexity index is 644. The summed E-state index contributed by atoms with van der Waals surface area (Å²) in [6.07, 6.45) is 0. The second-order valence-electron chi connectivity index (χ2n) is 4.17. The van der Waals surface area contributed by atoms with Gasteiger partial charge in [0.15, 0.2) is 0 Å². The molecule has 2 heterocycles. The Morgan fingerprint density at radius 3 is 2.68 bits per heavy atom. The maximum Gasteiger partial charge on any atom is 0.244 e. The largest absolute Gasteiger partial charge is 0.391 e. The lowest BCUT2D eigenvalue weighted by Crippen LogP contribution is -2.27. The minimum absolute atomic E-state index is 0.249. The summed E-state index contributed by atoms with van der Waals surface area (Å²) in [4.78, 5) is 1.74. The van der Waals surface area contributed by atoms with Crippen molar-refractivity contribution >= 4 is 32.7 Å². The van der Waals surface area contributed by atoms with Crippen LogP contribution in [-0.4, -0.2) is 24.9 Å². The lowest BCUT2D eigenvalue weighted by atomic mass is 10.3. The molecule has 19 heavy (non-hydrogen) atoms. The first-order valence-electron chi connectivity index (χ1n) is 5.63. The van der Waals surface area contributed by atoms with Crippen molar-refractivity contribution < 1.29 is 13.5 Å².